The number of pyridine rings is 1. The molecule has 2 aliphatic rings. The number of halogens is 1. The van der Waals surface area contributed by atoms with Gasteiger partial charge >= 0.3 is 6.09 Å². The highest BCUT2D eigenvalue weighted by Gasteiger charge is 2.62. The second kappa shape index (κ2) is 10.0. The molecule has 2 saturated heterocycles. The molecule has 0 saturated carbocycles. The summed E-state index contributed by atoms with van der Waals surface area (Å²) >= 11 is 0. The SMILES string of the molecule is CC(=O)N1CCC(c2nc(-c3cncc([C@@](O)(c4ccc(C(C)C)cc4)C4(F)CN(C(=O)O)C4)c3)no2)CC1. The molecular formula is C28H32FN5O5. The van der Waals surface area contributed by atoms with E-state index in [0.29, 0.717) is 42.9 Å². The molecule has 206 valence electrons. The van der Waals surface area contributed by atoms with E-state index < -0.39 is 30.5 Å². The lowest BCUT2D eigenvalue weighted by Crippen LogP contribution is -2.70. The number of benzene rings is 1. The maximum Gasteiger partial charge on any atom is 0.407 e. The molecule has 1 aromatic carbocycles. The summed E-state index contributed by atoms with van der Waals surface area (Å²) in [5.74, 6) is 0.999. The molecule has 11 heteroatoms. The van der Waals surface area contributed by atoms with E-state index >= 15 is 4.39 Å². The third-order valence-corrected chi connectivity index (χ3v) is 7.94. The van der Waals surface area contributed by atoms with Crippen LogP contribution in [0.4, 0.5) is 9.18 Å². The van der Waals surface area contributed by atoms with E-state index in [9.17, 15) is 19.8 Å². The Balaban J connectivity index is 1.47. The lowest BCUT2D eigenvalue weighted by molar-refractivity contribution is -0.150. The number of nitrogens with zero attached hydrogens (tertiary/aromatic N) is 5. The maximum absolute atomic E-state index is 16.4. The van der Waals surface area contributed by atoms with Crippen molar-refractivity contribution in [2.24, 2.45) is 0 Å². The Morgan fingerprint density at radius 2 is 1.77 bits per heavy atom. The standard InChI is InChI=1S/C28H32FN5O5/c1-17(2)19-4-6-22(7-5-19)28(38,27(29)15-34(16-27)26(36)37)23-12-21(13-30-14-23)24-31-25(39-32-24)20-8-10-33(11-9-20)18(3)35/h4-7,12-14,17,20,38H,8-11,15-16H2,1-3H3,(H,36,37)/t28-/m0/s1. The van der Waals surface area contributed by atoms with E-state index in [1.807, 2.05) is 26.0 Å². The Morgan fingerprint density at radius 3 is 2.36 bits per heavy atom. The molecule has 2 amide bonds. The number of amides is 2. The second-order valence-corrected chi connectivity index (χ2v) is 10.8. The molecule has 39 heavy (non-hydrogen) atoms. The monoisotopic (exact) mass is 537 g/mol. The number of aliphatic hydroxyl groups is 1. The summed E-state index contributed by atoms with van der Waals surface area (Å²) in [6.07, 6.45) is 3.05. The smallest absolute Gasteiger partial charge is 0.407 e. The Labute approximate surface area is 225 Å². The van der Waals surface area contributed by atoms with Crippen LogP contribution in [0.1, 0.15) is 68.0 Å². The zero-order valence-electron chi connectivity index (χ0n) is 22.2. The average Bonchev–Trinajstić information content (AvgIpc) is 3.41. The zero-order valence-corrected chi connectivity index (χ0v) is 22.2. The van der Waals surface area contributed by atoms with Gasteiger partial charge in [-0.3, -0.25) is 9.78 Å². The number of likely N-dealkylation sites (tertiary alicyclic amines) is 2. The molecule has 2 aromatic heterocycles. The molecule has 4 heterocycles. The van der Waals surface area contributed by atoms with Crippen molar-refractivity contribution in [2.45, 2.75) is 56.7 Å². The lowest BCUT2D eigenvalue weighted by atomic mass is 9.70. The quantitative estimate of drug-likeness (QED) is 0.484. The van der Waals surface area contributed by atoms with Gasteiger partial charge in [-0.25, -0.2) is 9.18 Å². The van der Waals surface area contributed by atoms with E-state index in [0.717, 1.165) is 10.5 Å². The van der Waals surface area contributed by atoms with Gasteiger partial charge in [-0.1, -0.05) is 43.3 Å². The van der Waals surface area contributed by atoms with Crippen LogP contribution in [0.25, 0.3) is 11.4 Å². The first-order valence-corrected chi connectivity index (χ1v) is 13.1. The van der Waals surface area contributed by atoms with Gasteiger partial charge in [0.1, 0.15) is 0 Å². The molecule has 0 unspecified atom stereocenters. The highest BCUT2D eigenvalue weighted by molar-refractivity contribution is 5.73. The van der Waals surface area contributed by atoms with Gasteiger partial charge < -0.3 is 24.5 Å². The predicted octanol–water partition coefficient (Wildman–Crippen LogP) is 3.92. The van der Waals surface area contributed by atoms with Crippen LogP contribution in [0.2, 0.25) is 0 Å². The number of carbonyl (C=O) groups excluding carboxylic acids is 1. The van der Waals surface area contributed by atoms with E-state index in [2.05, 4.69) is 15.1 Å². The third kappa shape index (κ3) is 4.75. The number of rotatable bonds is 6. The Bertz CT molecular complexity index is 1360. The second-order valence-electron chi connectivity index (χ2n) is 10.8. The molecule has 10 nitrogen and oxygen atoms in total. The number of hydrogen-bond donors (Lipinski definition) is 2. The summed E-state index contributed by atoms with van der Waals surface area (Å²) < 4.78 is 21.9. The molecular weight excluding hydrogens is 505 g/mol. The van der Waals surface area contributed by atoms with Crippen LogP contribution < -0.4 is 0 Å². The van der Waals surface area contributed by atoms with Crippen LogP contribution in [-0.2, 0) is 10.4 Å². The first-order valence-electron chi connectivity index (χ1n) is 13.1. The van der Waals surface area contributed by atoms with Gasteiger partial charge in [0.05, 0.1) is 13.1 Å². The summed E-state index contributed by atoms with van der Waals surface area (Å²) in [5, 5.41) is 25.5. The molecule has 5 rings (SSSR count). The van der Waals surface area contributed by atoms with Gasteiger partial charge in [-0.05, 0) is 36.0 Å². The van der Waals surface area contributed by atoms with E-state index in [1.54, 1.807) is 30.0 Å². The number of piperidine rings is 1. The Hall–Kier alpha value is -3.86. The molecule has 0 aliphatic carbocycles. The highest BCUT2D eigenvalue weighted by Crippen LogP contribution is 2.47. The van der Waals surface area contributed by atoms with Gasteiger partial charge in [-0.2, -0.15) is 4.98 Å². The van der Waals surface area contributed by atoms with Gasteiger partial charge in [0.15, 0.2) is 11.3 Å². The molecule has 2 N–H and O–H groups in total. The number of alkyl halides is 1. The first-order chi connectivity index (χ1) is 18.5. The summed E-state index contributed by atoms with van der Waals surface area (Å²) in [7, 11) is 0. The summed E-state index contributed by atoms with van der Waals surface area (Å²) in [6.45, 7) is 5.88. The fraction of sp³-hybridized carbons (Fsp3) is 0.464. The van der Waals surface area contributed by atoms with Crippen LogP contribution in [0.5, 0.6) is 0 Å². The average molecular weight is 538 g/mol. The van der Waals surface area contributed by atoms with Crippen LogP contribution in [-0.4, -0.2) is 79.0 Å². The minimum absolute atomic E-state index is 0.0143. The van der Waals surface area contributed by atoms with Crippen molar-refractivity contribution >= 4 is 12.0 Å². The largest absolute Gasteiger partial charge is 0.465 e. The molecule has 0 bridgehead atoms. The zero-order chi connectivity index (χ0) is 27.9. The van der Waals surface area contributed by atoms with Crippen molar-refractivity contribution in [1.29, 1.82) is 0 Å². The normalized spacial score (nSPS) is 19.0. The van der Waals surface area contributed by atoms with Crippen molar-refractivity contribution in [1.82, 2.24) is 24.9 Å². The minimum atomic E-state index is -2.28. The van der Waals surface area contributed by atoms with Crippen molar-refractivity contribution < 1.29 is 28.7 Å². The highest BCUT2D eigenvalue weighted by atomic mass is 19.1. The molecule has 1 atom stereocenters. The summed E-state index contributed by atoms with van der Waals surface area (Å²) in [4.78, 5) is 34.6. The Morgan fingerprint density at radius 1 is 1.10 bits per heavy atom. The van der Waals surface area contributed by atoms with Gasteiger partial charge in [0.2, 0.25) is 17.6 Å². The van der Waals surface area contributed by atoms with Crippen molar-refractivity contribution in [3.63, 3.8) is 0 Å². The van der Waals surface area contributed by atoms with E-state index in [-0.39, 0.29) is 29.1 Å². The number of carboxylic acid groups (broad SMARTS) is 1. The number of hydrogen-bond acceptors (Lipinski definition) is 7. The van der Waals surface area contributed by atoms with Crippen molar-refractivity contribution in [3.05, 3.63) is 65.3 Å². The van der Waals surface area contributed by atoms with Gasteiger partial charge in [-0.15, -0.1) is 0 Å². The summed E-state index contributed by atoms with van der Waals surface area (Å²) in [6, 6.07) is 8.59. The van der Waals surface area contributed by atoms with Gasteiger partial charge in [0.25, 0.3) is 0 Å². The van der Waals surface area contributed by atoms with E-state index in [4.69, 9.17) is 4.52 Å². The molecule has 2 fully saturated rings. The lowest BCUT2D eigenvalue weighted by Gasteiger charge is -2.51. The minimum Gasteiger partial charge on any atom is -0.465 e. The molecule has 0 radical (unpaired) electrons. The fourth-order valence-corrected chi connectivity index (χ4v) is 5.44. The molecule has 0 spiro atoms. The van der Waals surface area contributed by atoms with Crippen molar-refractivity contribution in [2.75, 3.05) is 26.2 Å². The molecule has 3 aromatic rings. The van der Waals surface area contributed by atoms with Crippen molar-refractivity contribution in [3.8, 4) is 11.4 Å². The first kappa shape index (κ1) is 26.7. The summed E-state index contributed by atoms with van der Waals surface area (Å²) in [5.41, 5.74) is -2.55. The fourth-order valence-electron chi connectivity index (χ4n) is 5.44. The topological polar surface area (TPSA) is 133 Å². The number of carbonyl (C=O) groups is 2. The predicted molar refractivity (Wildman–Crippen MR) is 139 cm³/mol. The van der Waals surface area contributed by atoms with Crippen LogP contribution in [0.15, 0.2) is 47.2 Å². The number of aromatic nitrogens is 3. The maximum atomic E-state index is 16.4. The Kier molecular flexibility index (Phi) is 6.88. The van der Waals surface area contributed by atoms with Crippen LogP contribution in [0.3, 0.4) is 0 Å². The van der Waals surface area contributed by atoms with Crippen LogP contribution in [0, 0.1) is 0 Å². The molecule has 2 aliphatic heterocycles. The third-order valence-electron chi connectivity index (χ3n) is 7.94. The van der Waals surface area contributed by atoms with Crippen LogP contribution >= 0.6 is 0 Å². The van der Waals surface area contributed by atoms with Gasteiger partial charge in [0, 0.05) is 49.5 Å². The van der Waals surface area contributed by atoms with E-state index in [1.165, 1.54) is 12.4 Å².